The molecule has 11 rings (SSSR count). The van der Waals surface area contributed by atoms with Crippen molar-refractivity contribution in [1.82, 2.24) is 29.9 Å². The number of hydrogen-bond donors (Lipinski definition) is 2. The van der Waals surface area contributed by atoms with E-state index in [0.29, 0.717) is 55.1 Å². The van der Waals surface area contributed by atoms with Crippen molar-refractivity contribution < 1.29 is 27.6 Å². The van der Waals surface area contributed by atoms with E-state index >= 15 is 0 Å². The Morgan fingerprint density at radius 2 is 1.10 bits per heavy atom. The fourth-order valence-corrected chi connectivity index (χ4v) is 7.47. The van der Waals surface area contributed by atoms with E-state index in [1.165, 1.54) is 0 Å². The molecule has 0 aliphatic carbocycles. The first-order valence-electron chi connectivity index (χ1n) is 20.4. The molecule has 0 bridgehead atoms. The fraction of sp³-hybridized carbons (Fsp3) is 0.318. The lowest BCUT2D eigenvalue weighted by Crippen LogP contribution is -2.41. The van der Waals surface area contributed by atoms with Crippen molar-refractivity contribution in [3.05, 3.63) is 90.5 Å². The fourth-order valence-electron chi connectivity index (χ4n) is 7.31. The summed E-state index contributed by atoms with van der Waals surface area (Å²) in [6, 6.07) is 23.0. The molecule has 0 saturated carbocycles. The maximum atomic E-state index is 6.10. The summed E-state index contributed by atoms with van der Waals surface area (Å²) >= 11 is 6.08. The molecule has 318 valence electrons. The average molecular weight is 857 g/mol. The van der Waals surface area contributed by atoms with Crippen molar-refractivity contribution in [1.29, 1.82) is 0 Å². The number of anilines is 4. The van der Waals surface area contributed by atoms with Crippen LogP contribution in [0, 0.1) is 0 Å². The maximum absolute atomic E-state index is 6.10. The predicted octanol–water partition coefficient (Wildman–Crippen LogP) is 6.69. The molecule has 2 aromatic carbocycles. The Labute approximate surface area is 362 Å². The van der Waals surface area contributed by atoms with Gasteiger partial charge >= 0.3 is 7.12 Å². The molecule has 3 aliphatic rings. The first-order valence-corrected chi connectivity index (χ1v) is 20.8. The van der Waals surface area contributed by atoms with Gasteiger partial charge in [0.25, 0.3) is 0 Å². The molecular weight excluding hydrogens is 811 g/mol. The molecule has 0 amide bonds. The van der Waals surface area contributed by atoms with Gasteiger partial charge in [-0.3, -0.25) is 0 Å². The number of hydrogen-bond acceptors (Lipinski definition) is 16. The zero-order valence-corrected chi connectivity index (χ0v) is 35.6. The lowest BCUT2D eigenvalue weighted by molar-refractivity contribution is 0.00578. The second kappa shape index (κ2) is 17.0. The maximum Gasteiger partial charge on any atom is 0.496 e. The van der Waals surface area contributed by atoms with E-state index in [1.54, 1.807) is 24.5 Å². The molecule has 6 aromatic heterocycles. The van der Waals surface area contributed by atoms with E-state index in [-0.39, 0.29) is 23.6 Å². The highest BCUT2D eigenvalue weighted by atomic mass is 35.5. The van der Waals surface area contributed by atoms with Crippen molar-refractivity contribution in [3.63, 3.8) is 0 Å². The molecule has 3 fully saturated rings. The van der Waals surface area contributed by atoms with Gasteiger partial charge in [-0.2, -0.15) is 4.98 Å². The lowest BCUT2D eigenvalue weighted by atomic mass is 9.80. The predicted molar refractivity (Wildman–Crippen MR) is 242 cm³/mol. The molecule has 3 saturated heterocycles. The van der Waals surface area contributed by atoms with E-state index in [0.717, 1.165) is 81.8 Å². The summed E-state index contributed by atoms with van der Waals surface area (Å²) in [6.45, 7) is 13.9. The first kappa shape index (κ1) is 41.3. The normalized spacial score (nSPS) is 17.3. The van der Waals surface area contributed by atoms with Gasteiger partial charge in [-0.15, -0.1) is 0 Å². The van der Waals surface area contributed by atoms with Gasteiger partial charge in [0.05, 0.1) is 37.6 Å². The van der Waals surface area contributed by atoms with Crippen LogP contribution >= 0.6 is 11.6 Å². The Kier molecular flexibility index (Phi) is 11.3. The van der Waals surface area contributed by atoms with Crippen LogP contribution in [-0.4, -0.2) is 101 Å². The largest absolute Gasteiger partial charge is 0.496 e. The minimum absolute atomic E-state index is 0.241. The van der Waals surface area contributed by atoms with Gasteiger partial charge in [-0.05, 0) is 81.8 Å². The second-order valence-corrected chi connectivity index (χ2v) is 16.4. The summed E-state index contributed by atoms with van der Waals surface area (Å²) in [7, 11) is -0.363. The number of pyridine rings is 2. The Bertz CT molecular complexity index is 2830. The van der Waals surface area contributed by atoms with Gasteiger partial charge in [0.2, 0.25) is 5.28 Å². The Morgan fingerprint density at radius 1 is 0.597 bits per heavy atom. The third-order valence-corrected chi connectivity index (χ3v) is 11.5. The molecule has 0 atom stereocenters. The smallest absolute Gasteiger partial charge is 0.450 e. The molecule has 9 heterocycles. The number of furan rings is 2. The first-order chi connectivity index (χ1) is 29.9. The minimum atomic E-state index is -0.363. The second-order valence-electron chi connectivity index (χ2n) is 16.0. The number of morpholine rings is 2. The summed E-state index contributed by atoms with van der Waals surface area (Å²) in [5.41, 5.74) is 16.9. The average Bonchev–Trinajstić information content (AvgIpc) is 3.92. The van der Waals surface area contributed by atoms with Gasteiger partial charge in [0, 0.05) is 60.4 Å². The van der Waals surface area contributed by atoms with Gasteiger partial charge < -0.3 is 48.9 Å². The molecule has 0 spiro atoms. The number of aromatic nitrogens is 6. The van der Waals surface area contributed by atoms with Gasteiger partial charge in [-0.25, -0.2) is 24.9 Å². The van der Waals surface area contributed by atoms with E-state index in [2.05, 4.69) is 29.7 Å². The molecular formula is C44H46BClN10O6. The van der Waals surface area contributed by atoms with Crippen LogP contribution in [0.2, 0.25) is 5.28 Å². The number of fused-ring (bicyclic) bond motifs is 6. The van der Waals surface area contributed by atoms with E-state index in [1.807, 2.05) is 88.4 Å². The van der Waals surface area contributed by atoms with Crippen LogP contribution in [0.1, 0.15) is 27.7 Å². The molecule has 3 aliphatic heterocycles. The van der Waals surface area contributed by atoms with Crippen LogP contribution in [0.4, 0.5) is 23.3 Å². The number of rotatable bonds is 4. The minimum Gasteiger partial charge on any atom is -0.450 e. The number of nitrogen functional groups attached to an aromatic ring is 2. The number of ether oxygens (including phenoxy) is 2. The van der Waals surface area contributed by atoms with Crippen molar-refractivity contribution >= 4 is 91.6 Å². The molecule has 0 radical (unpaired) electrons. The number of nitrogens with two attached hydrogens (primary N) is 2. The van der Waals surface area contributed by atoms with Crippen molar-refractivity contribution in [2.45, 2.75) is 38.9 Å². The highest BCUT2D eigenvalue weighted by Gasteiger charge is 2.51. The van der Waals surface area contributed by atoms with Crippen molar-refractivity contribution in [3.8, 4) is 11.4 Å². The van der Waals surface area contributed by atoms with Crippen LogP contribution in [0.15, 0.2) is 94.0 Å². The standard InChI is InChI=1S/C19H17N5O2.C14H12ClN3O2.C11H17BN2O2/c20-15-6-5-12(11-21-15)18-22-16-13-3-1-2-4-14(13)26-17(16)19(23-18)24-7-9-25-10-8-24;15-14-16-11-9-3-1-2-4-10(9)20-12(11)13(17-14)18-5-7-19-8-6-18;1-10(2)11(3,4)16-12(15-10)8-5-6-9(13)14-7-8/h1-6,11H,7-10H2,(H2,20,21);1-4H,5-8H2;5-7H,1-4H3,(H2,13,14). The number of halogens is 1. The number of nitrogens with zero attached hydrogens (tertiary/aromatic N) is 8. The van der Waals surface area contributed by atoms with Crippen molar-refractivity contribution in [2.75, 3.05) is 73.9 Å². The lowest BCUT2D eigenvalue weighted by Gasteiger charge is -2.32. The van der Waals surface area contributed by atoms with Gasteiger partial charge in [-0.1, -0.05) is 30.3 Å². The highest BCUT2D eigenvalue weighted by molar-refractivity contribution is 6.62. The molecule has 4 N–H and O–H groups in total. The molecule has 62 heavy (non-hydrogen) atoms. The summed E-state index contributed by atoms with van der Waals surface area (Å²) in [6.07, 6.45) is 3.39. The number of para-hydroxylation sites is 2. The monoisotopic (exact) mass is 856 g/mol. The summed E-state index contributed by atoms with van der Waals surface area (Å²) < 4.78 is 34.7. The van der Waals surface area contributed by atoms with Crippen LogP contribution in [-0.2, 0) is 18.8 Å². The molecule has 16 nitrogen and oxygen atoms in total. The SMILES string of the molecule is CC1(C)OB(c2ccc(N)nc2)OC1(C)C.Clc1nc(N2CCOCC2)c2oc3ccccc3c2n1.Nc1ccc(-c2nc(N3CCOCC3)c3oc4ccccc4c3n2)cn1. The van der Waals surface area contributed by atoms with Crippen LogP contribution < -0.4 is 26.7 Å². The highest BCUT2D eigenvalue weighted by Crippen LogP contribution is 2.38. The molecule has 0 unspecified atom stereocenters. The van der Waals surface area contributed by atoms with Crippen LogP contribution in [0.3, 0.4) is 0 Å². The Balaban J connectivity index is 0.000000123. The molecule has 8 aromatic rings. The number of benzene rings is 2. The van der Waals surface area contributed by atoms with E-state index in [9.17, 15) is 0 Å². The van der Waals surface area contributed by atoms with Gasteiger partial charge in [0.15, 0.2) is 28.6 Å². The quantitative estimate of drug-likeness (QED) is 0.140. The topological polar surface area (TPSA) is 199 Å². The Morgan fingerprint density at radius 3 is 1.61 bits per heavy atom. The van der Waals surface area contributed by atoms with Crippen LogP contribution in [0.25, 0.3) is 55.5 Å². The third kappa shape index (κ3) is 8.29. The van der Waals surface area contributed by atoms with E-state index in [4.69, 9.17) is 60.7 Å². The summed E-state index contributed by atoms with van der Waals surface area (Å²) in [5.74, 6) is 3.12. The zero-order valence-electron chi connectivity index (χ0n) is 34.9. The van der Waals surface area contributed by atoms with Gasteiger partial charge in [0.1, 0.15) is 33.8 Å². The van der Waals surface area contributed by atoms with E-state index < -0.39 is 0 Å². The van der Waals surface area contributed by atoms with Crippen LogP contribution in [0.5, 0.6) is 0 Å². The summed E-state index contributed by atoms with van der Waals surface area (Å²) in [5, 5.41) is 2.18. The summed E-state index contributed by atoms with van der Waals surface area (Å²) in [4.78, 5) is 30.8. The third-order valence-electron chi connectivity index (χ3n) is 11.4. The Hall–Kier alpha value is -6.11. The molecule has 18 heteroatoms. The van der Waals surface area contributed by atoms with Crippen molar-refractivity contribution in [2.24, 2.45) is 0 Å². The zero-order chi connectivity index (χ0) is 43.0.